The van der Waals surface area contributed by atoms with Crippen LogP contribution in [0.3, 0.4) is 0 Å². The molecule has 3 aromatic rings. The Hall–Kier alpha value is -2.64. The summed E-state index contributed by atoms with van der Waals surface area (Å²) in [6.07, 6.45) is 0.321. The molecule has 29 heavy (non-hydrogen) atoms. The third-order valence-corrected chi connectivity index (χ3v) is 6.70. The van der Waals surface area contributed by atoms with E-state index in [0.717, 1.165) is 20.6 Å². The summed E-state index contributed by atoms with van der Waals surface area (Å²) < 4.78 is 0.990. The minimum absolute atomic E-state index is 0.0208. The van der Waals surface area contributed by atoms with Crippen molar-refractivity contribution in [3.05, 3.63) is 98.5 Å². The topological polar surface area (TPSA) is 63.5 Å². The first-order valence-electron chi connectivity index (χ1n) is 9.07. The van der Waals surface area contributed by atoms with Gasteiger partial charge in [-0.2, -0.15) is 0 Å². The van der Waals surface area contributed by atoms with E-state index in [4.69, 9.17) is 0 Å². The van der Waals surface area contributed by atoms with E-state index in [2.05, 4.69) is 15.9 Å². The van der Waals surface area contributed by atoms with Crippen molar-refractivity contribution in [2.24, 2.45) is 0 Å². The Balaban J connectivity index is 1.72. The van der Waals surface area contributed by atoms with Gasteiger partial charge in [0.2, 0.25) is 5.91 Å². The van der Waals surface area contributed by atoms with E-state index in [1.54, 1.807) is 34.9 Å². The fraction of sp³-hybridized carbons (Fsp3) is 0.136. The second-order valence-electron chi connectivity index (χ2n) is 6.70. The van der Waals surface area contributed by atoms with Gasteiger partial charge in [0, 0.05) is 32.7 Å². The summed E-state index contributed by atoms with van der Waals surface area (Å²) in [7, 11) is 0. The molecule has 4 rings (SSSR count). The standard InChI is InChI=1S/C22H17BrN2O3S/c23-17-11-9-15(10-12-17)21-13-22(26)24(19-7-3-4-8-20(19)29-21)14-16-5-1-2-6-18(16)25(27)28/h1-12,21H,13-14H2. The largest absolute Gasteiger partial charge is 0.307 e. The molecule has 0 spiro atoms. The lowest BCUT2D eigenvalue weighted by Gasteiger charge is -2.22. The normalized spacial score (nSPS) is 16.2. The Kier molecular flexibility index (Phi) is 5.69. The second-order valence-corrected chi connectivity index (χ2v) is 8.86. The van der Waals surface area contributed by atoms with Gasteiger partial charge in [-0.05, 0) is 29.8 Å². The number of rotatable bonds is 4. The van der Waals surface area contributed by atoms with E-state index in [9.17, 15) is 14.9 Å². The van der Waals surface area contributed by atoms with Gasteiger partial charge in [-0.3, -0.25) is 14.9 Å². The molecule has 0 radical (unpaired) electrons. The number of nitro benzene ring substituents is 1. The number of para-hydroxylation sites is 2. The van der Waals surface area contributed by atoms with E-state index in [1.807, 2.05) is 48.5 Å². The monoisotopic (exact) mass is 468 g/mol. The summed E-state index contributed by atoms with van der Waals surface area (Å²) in [4.78, 5) is 26.9. The van der Waals surface area contributed by atoms with Crippen molar-refractivity contribution >= 4 is 45.0 Å². The molecule has 1 amide bonds. The van der Waals surface area contributed by atoms with Gasteiger partial charge in [0.1, 0.15) is 0 Å². The molecule has 0 aromatic heterocycles. The van der Waals surface area contributed by atoms with Crippen LogP contribution in [0.1, 0.15) is 22.8 Å². The van der Waals surface area contributed by atoms with Gasteiger partial charge >= 0.3 is 0 Å². The molecule has 1 aliphatic rings. The van der Waals surface area contributed by atoms with Crippen molar-refractivity contribution < 1.29 is 9.72 Å². The number of carbonyl (C=O) groups is 1. The van der Waals surface area contributed by atoms with Crippen LogP contribution < -0.4 is 4.90 Å². The third-order valence-electron chi connectivity index (χ3n) is 4.84. The minimum Gasteiger partial charge on any atom is -0.307 e. The summed E-state index contributed by atoms with van der Waals surface area (Å²) in [6, 6.07) is 22.3. The third kappa shape index (κ3) is 4.21. The van der Waals surface area contributed by atoms with Gasteiger partial charge in [0.05, 0.1) is 17.2 Å². The first-order valence-corrected chi connectivity index (χ1v) is 10.7. The smallest absolute Gasteiger partial charge is 0.274 e. The maximum absolute atomic E-state index is 13.2. The number of hydrogen-bond donors (Lipinski definition) is 0. The van der Waals surface area contributed by atoms with Crippen LogP contribution in [-0.4, -0.2) is 10.8 Å². The van der Waals surface area contributed by atoms with E-state index in [-0.39, 0.29) is 23.4 Å². The molecule has 1 unspecified atom stereocenters. The number of thioether (sulfide) groups is 1. The highest BCUT2D eigenvalue weighted by Crippen LogP contribution is 2.46. The molecule has 146 valence electrons. The first kappa shape index (κ1) is 19.7. The van der Waals surface area contributed by atoms with Crippen LogP contribution in [0.4, 0.5) is 11.4 Å². The van der Waals surface area contributed by atoms with Crippen LogP contribution in [0.25, 0.3) is 0 Å². The van der Waals surface area contributed by atoms with Gasteiger partial charge in [0.25, 0.3) is 5.69 Å². The maximum Gasteiger partial charge on any atom is 0.274 e. The van der Waals surface area contributed by atoms with Crippen LogP contribution in [0.5, 0.6) is 0 Å². The number of hydrogen-bond acceptors (Lipinski definition) is 4. The molecular weight excluding hydrogens is 452 g/mol. The number of carbonyl (C=O) groups excluding carboxylic acids is 1. The summed E-state index contributed by atoms with van der Waals surface area (Å²) in [6.45, 7) is 0.167. The van der Waals surface area contributed by atoms with E-state index >= 15 is 0 Å². The minimum atomic E-state index is -0.400. The molecule has 1 atom stereocenters. The van der Waals surface area contributed by atoms with Crippen molar-refractivity contribution in [1.29, 1.82) is 0 Å². The predicted molar refractivity (Wildman–Crippen MR) is 118 cm³/mol. The van der Waals surface area contributed by atoms with Gasteiger partial charge in [0.15, 0.2) is 0 Å². The highest BCUT2D eigenvalue weighted by Gasteiger charge is 2.30. The number of anilines is 1. The lowest BCUT2D eigenvalue weighted by atomic mass is 10.1. The molecule has 5 nitrogen and oxygen atoms in total. The zero-order valence-corrected chi connectivity index (χ0v) is 17.7. The van der Waals surface area contributed by atoms with Crippen LogP contribution in [0.15, 0.2) is 82.2 Å². The number of nitrogens with zero attached hydrogens (tertiary/aromatic N) is 2. The predicted octanol–water partition coefficient (Wildman–Crippen LogP) is 6.13. The quantitative estimate of drug-likeness (QED) is 0.341. The lowest BCUT2D eigenvalue weighted by Crippen LogP contribution is -2.30. The zero-order chi connectivity index (χ0) is 20.4. The summed E-state index contributed by atoms with van der Waals surface area (Å²) in [5.41, 5.74) is 2.42. The number of amides is 1. The van der Waals surface area contributed by atoms with E-state index < -0.39 is 4.92 Å². The van der Waals surface area contributed by atoms with Gasteiger partial charge in [-0.1, -0.05) is 58.4 Å². The SMILES string of the molecule is O=C1CC(c2ccc(Br)cc2)Sc2ccccc2N1Cc1ccccc1[N+](=O)[O-]. The molecule has 0 N–H and O–H groups in total. The van der Waals surface area contributed by atoms with Crippen LogP contribution >= 0.6 is 27.7 Å². The molecule has 1 aliphatic heterocycles. The first-order chi connectivity index (χ1) is 14.0. The fourth-order valence-corrected chi connectivity index (χ4v) is 4.95. The highest BCUT2D eigenvalue weighted by atomic mass is 79.9. The average Bonchev–Trinajstić information content (AvgIpc) is 2.86. The fourth-order valence-electron chi connectivity index (χ4n) is 3.41. The Bertz CT molecular complexity index is 1070. The molecule has 1 heterocycles. The number of fused-ring (bicyclic) bond motifs is 1. The van der Waals surface area contributed by atoms with Crippen molar-refractivity contribution in [3.8, 4) is 0 Å². The van der Waals surface area contributed by atoms with Gasteiger partial charge in [-0.25, -0.2) is 0 Å². The lowest BCUT2D eigenvalue weighted by molar-refractivity contribution is -0.385. The van der Waals surface area contributed by atoms with Crippen molar-refractivity contribution in [2.75, 3.05) is 4.90 Å². The molecule has 3 aromatic carbocycles. The van der Waals surface area contributed by atoms with Crippen LogP contribution in [-0.2, 0) is 11.3 Å². The van der Waals surface area contributed by atoms with E-state index in [0.29, 0.717) is 12.0 Å². The Morgan fingerprint density at radius 1 is 1.03 bits per heavy atom. The molecular formula is C22H17BrN2O3S. The van der Waals surface area contributed by atoms with Crippen molar-refractivity contribution in [3.63, 3.8) is 0 Å². The number of benzene rings is 3. The average molecular weight is 469 g/mol. The maximum atomic E-state index is 13.2. The van der Waals surface area contributed by atoms with E-state index in [1.165, 1.54) is 6.07 Å². The Morgan fingerprint density at radius 3 is 2.48 bits per heavy atom. The van der Waals surface area contributed by atoms with Gasteiger partial charge in [-0.15, -0.1) is 11.8 Å². The second kappa shape index (κ2) is 8.39. The van der Waals surface area contributed by atoms with Crippen molar-refractivity contribution in [1.82, 2.24) is 0 Å². The highest BCUT2D eigenvalue weighted by molar-refractivity contribution is 9.10. The summed E-state index contributed by atoms with van der Waals surface area (Å²) in [5, 5.41) is 11.4. The van der Waals surface area contributed by atoms with Gasteiger partial charge < -0.3 is 4.90 Å². The molecule has 7 heteroatoms. The van der Waals surface area contributed by atoms with Crippen LogP contribution in [0, 0.1) is 10.1 Å². The molecule has 0 fully saturated rings. The summed E-state index contributed by atoms with van der Waals surface area (Å²) >= 11 is 5.10. The Labute approximate surface area is 181 Å². The number of halogens is 1. The van der Waals surface area contributed by atoms with Crippen LogP contribution in [0.2, 0.25) is 0 Å². The Morgan fingerprint density at radius 2 is 1.72 bits per heavy atom. The summed E-state index contributed by atoms with van der Waals surface area (Å²) in [5.74, 6) is -0.0477. The molecule has 0 bridgehead atoms. The number of nitro groups is 1. The van der Waals surface area contributed by atoms with Crippen molar-refractivity contribution in [2.45, 2.75) is 23.1 Å². The zero-order valence-electron chi connectivity index (χ0n) is 15.3. The molecule has 0 saturated carbocycles. The molecule has 0 saturated heterocycles. The molecule has 0 aliphatic carbocycles.